The maximum absolute atomic E-state index is 14.1. The third-order valence-electron chi connectivity index (χ3n) is 6.43. The molecule has 11 heteroatoms. The molecule has 1 aliphatic carbocycles. The van der Waals surface area contributed by atoms with Crippen LogP contribution in [0.3, 0.4) is 0 Å². The van der Waals surface area contributed by atoms with Crippen molar-refractivity contribution in [1.29, 1.82) is 0 Å². The zero-order chi connectivity index (χ0) is 25.3. The van der Waals surface area contributed by atoms with Gasteiger partial charge in [-0.2, -0.15) is 13.2 Å². The number of amides is 2. The quantitative estimate of drug-likeness (QED) is 0.486. The predicted octanol–water partition coefficient (Wildman–Crippen LogP) is 3.79. The van der Waals surface area contributed by atoms with E-state index in [-0.39, 0.29) is 37.4 Å². The molecule has 3 rings (SSSR count). The van der Waals surface area contributed by atoms with E-state index in [0.717, 1.165) is 0 Å². The van der Waals surface area contributed by atoms with Gasteiger partial charge in [0.1, 0.15) is 5.82 Å². The second-order valence-electron chi connectivity index (χ2n) is 9.00. The van der Waals surface area contributed by atoms with Gasteiger partial charge in [0.2, 0.25) is 5.91 Å². The largest absolute Gasteiger partial charge is 0.395 e. The molecule has 0 spiro atoms. The average Bonchev–Trinajstić information content (AvgIpc) is 3.44. The number of alkyl halides is 3. The Labute approximate surface area is 199 Å². The zero-order valence-corrected chi connectivity index (χ0v) is 20.0. The predicted molar refractivity (Wildman–Crippen MR) is 121 cm³/mol. The molecule has 0 unspecified atom stereocenters. The van der Waals surface area contributed by atoms with Gasteiger partial charge in [0.15, 0.2) is 0 Å². The third-order valence-corrected chi connectivity index (χ3v) is 7.45. The van der Waals surface area contributed by atoms with Crippen LogP contribution in [-0.4, -0.2) is 54.6 Å². The molecule has 6 nitrogen and oxygen atoms in total. The van der Waals surface area contributed by atoms with Crippen LogP contribution >= 0.6 is 11.3 Å². The first-order valence-electron chi connectivity index (χ1n) is 10.8. The number of likely N-dealkylation sites (N-methyl/N-ethyl adjacent to an activating group) is 1. The minimum absolute atomic E-state index is 0.00141. The Morgan fingerprint density at radius 2 is 1.97 bits per heavy atom. The molecular weight excluding hydrogens is 472 g/mol. The summed E-state index contributed by atoms with van der Waals surface area (Å²) in [5.74, 6) is -3.05. The van der Waals surface area contributed by atoms with Crippen LogP contribution in [0.15, 0.2) is 24.4 Å². The van der Waals surface area contributed by atoms with Crippen molar-refractivity contribution >= 4 is 23.2 Å². The van der Waals surface area contributed by atoms with Crippen LogP contribution in [0.5, 0.6) is 0 Å². The Morgan fingerprint density at radius 3 is 2.44 bits per heavy atom. The van der Waals surface area contributed by atoms with Gasteiger partial charge in [-0.25, -0.2) is 9.37 Å². The lowest BCUT2D eigenvalue weighted by atomic mass is 9.84. The Hall–Kier alpha value is -2.53. The molecule has 0 saturated heterocycles. The van der Waals surface area contributed by atoms with Crippen LogP contribution in [0.25, 0.3) is 0 Å². The molecule has 0 bridgehead atoms. The number of nitrogens with zero attached hydrogens (tertiary/aromatic N) is 2. The molecule has 1 aliphatic rings. The minimum atomic E-state index is -4.40. The monoisotopic (exact) mass is 500 g/mol. The second-order valence-corrected chi connectivity index (χ2v) is 10.3. The van der Waals surface area contributed by atoms with E-state index in [1.807, 2.05) is 4.90 Å². The van der Waals surface area contributed by atoms with Crippen molar-refractivity contribution in [2.45, 2.75) is 50.7 Å². The van der Waals surface area contributed by atoms with Gasteiger partial charge in [0.05, 0.1) is 16.0 Å². The molecule has 1 aromatic carbocycles. The van der Waals surface area contributed by atoms with Crippen molar-refractivity contribution in [2.24, 2.45) is 11.1 Å². The van der Waals surface area contributed by atoms with E-state index in [4.69, 9.17) is 5.73 Å². The van der Waals surface area contributed by atoms with Crippen LogP contribution < -0.4 is 11.1 Å². The van der Waals surface area contributed by atoms with Crippen molar-refractivity contribution in [3.05, 3.63) is 51.2 Å². The number of nitrogens with two attached hydrogens (primary N) is 1. The van der Waals surface area contributed by atoms with Crippen LogP contribution in [0.1, 0.15) is 51.0 Å². The summed E-state index contributed by atoms with van der Waals surface area (Å²) in [5.41, 5.74) is 3.64. The fraction of sp³-hybridized carbons (Fsp3) is 0.522. The second kappa shape index (κ2) is 9.99. The standard InChI is InChI=1S/C23H28F4N4O2S/c1-13-29-12-19(34-13)17(22(6-7-22)23(25,26)27)10-20(32)30-11-15(31(2)3)8-14-4-5-16(21(28)33)18(24)9-14/h4-5,9,12,15,17H,6-8,10-11H2,1-3H3,(H2,28,33)(H,30,32)/t15-,17+/m0/s1. The number of halogens is 4. The first kappa shape index (κ1) is 26.1. The van der Waals surface area contributed by atoms with E-state index in [9.17, 15) is 27.2 Å². The third kappa shape index (κ3) is 5.75. The number of nitrogens with one attached hydrogen (secondary N) is 1. The molecule has 34 heavy (non-hydrogen) atoms. The maximum atomic E-state index is 14.1. The number of thiazole rings is 1. The topological polar surface area (TPSA) is 88.3 Å². The fourth-order valence-electron chi connectivity index (χ4n) is 4.16. The Bertz CT molecular complexity index is 1050. The molecule has 3 N–H and O–H groups in total. The SMILES string of the molecule is Cc1ncc([C@@H](CC(=O)NC[C@H](Cc2ccc(C(N)=O)c(F)c2)N(C)C)C2(C(F)(F)F)CC2)s1. The normalized spacial score (nSPS) is 16.8. The summed E-state index contributed by atoms with van der Waals surface area (Å²) < 4.78 is 55.7. The summed E-state index contributed by atoms with van der Waals surface area (Å²) in [6.45, 7) is 1.89. The summed E-state index contributed by atoms with van der Waals surface area (Å²) in [5, 5.41) is 3.41. The summed E-state index contributed by atoms with van der Waals surface area (Å²) in [6, 6.07) is 3.88. The lowest BCUT2D eigenvalue weighted by molar-refractivity contribution is -0.194. The number of benzene rings is 1. The highest BCUT2D eigenvalue weighted by atomic mass is 32.1. The highest BCUT2D eigenvalue weighted by molar-refractivity contribution is 7.11. The van der Waals surface area contributed by atoms with Crippen molar-refractivity contribution < 1.29 is 27.2 Å². The molecule has 1 saturated carbocycles. The number of aryl methyl sites for hydroxylation is 1. The lowest BCUT2D eigenvalue weighted by Crippen LogP contribution is -2.42. The molecule has 0 aliphatic heterocycles. The van der Waals surface area contributed by atoms with E-state index in [2.05, 4.69) is 10.3 Å². The van der Waals surface area contributed by atoms with Gasteiger partial charge >= 0.3 is 6.18 Å². The molecular formula is C23H28F4N4O2S. The smallest absolute Gasteiger partial charge is 0.366 e. The lowest BCUT2D eigenvalue weighted by Gasteiger charge is -2.29. The van der Waals surface area contributed by atoms with Crippen LogP contribution in [0, 0.1) is 18.2 Å². The first-order valence-corrected chi connectivity index (χ1v) is 11.7. The Kier molecular flexibility index (Phi) is 7.66. The van der Waals surface area contributed by atoms with Gasteiger partial charge in [0.25, 0.3) is 5.91 Å². The number of rotatable bonds is 10. The van der Waals surface area contributed by atoms with Gasteiger partial charge in [-0.05, 0) is 58.0 Å². The number of carbonyl (C=O) groups excluding carboxylic acids is 2. The van der Waals surface area contributed by atoms with E-state index in [1.54, 1.807) is 27.1 Å². The maximum Gasteiger partial charge on any atom is 0.395 e. The van der Waals surface area contributed by atoms with Crippen LogP contribution in [-0.2, 0) is 11.2 Å². The van der Waals surface area contributed by atoms with Crippen LogP contribution in [0.4, 0.5) is 17.6 Å². The van der Waals surface area contributed by atoms with E-state index < -0.39 is 35.1 Å². The molecule has 1 fully saturated rings. The van der Waals surface area contributed by atoms with E-state index >= 15 is 0 Å². The number of aromatic nitrogens is 1. The Balaban J connectivity index is 1.68. The van der Waals surface area contributed by atoms with E-state index in [0.29, 0.717) is 21.9 Å². The van der Waals surface area contributed by atoms with E-state index in [1.165, 1.54) is 29.7 Å². The molecule has 2 atom stereocenters. The fourth-order valence-corrected chi connectivity index (χ4v) is 5.16. The molecule has 186 valence electrons. The van der Waals surface area contributed by atoms with Crippen molar-refractivity contribution in [1.82, 2.24) is 15.2 Å². The summed E-state index contributed by atoms with van der Waals surface area (Å²) in [4.78, 5) is 30.4. The van der Waals surface area contributed by atoms with Crippen LogP contribution in [0.2, 0.25) is 0 Å². The minimum Gasteiger partial charge on any atom is -0.366 e. The number of hydrogen-bond acceptors (Lipinski definition) is 5. The molecule has 0 radical (unpaired) electrons. The molecule has 2 aromatic rings. The van der Waals surface area contributed by atoms with Gasteiger partial charge in [-0.15, -0.1) is 11.3 Å². The molecule has 2 amide bonds. The highest BCUT2D eigenvalue weighted by Gasteiger charge is 2.67. The first-order chi connectivity index (χ1) is 15.8. The molecule has 1 heterocycles. The van der Waals surface area contributed by atoms with Gasteiger partial charge in [-0.3, -0.25) is 9.59 Å². The zero-order valence-electron chi connectivity index (χ0n) is 19.2. The van der Waals surface area contributed by atoms with Crippen molar-refractivity contribution in [2.75, 3.05) is 20.6 Å². The Morgan fingerprint density at radius 1 is 1.29 bits per heavy atom. The van der Waals surface area contributed by atoms with Crippen molar-refractivity contribution in [3.63, 3.8) is 0 Å². The summed E-state index contributed by atoms with van der Waals surface area (Å²) in [6.07, 6.45) is -2.90. The molecule has 1 aromatic heterocycles. The average molecular weight is 501 g/mol. The van der Waals surface area contributed by atoms with Crippen molar-refractivity contribution in [3.8, 4) is 0 Å². The summed E-state index contributed by atoms with van der Waals surface area (Å²) >= 11 is 1.19. The number of carbonyl (C=O) groups is 2. The van der Waals surface area contributed by atoms with Gasteiger partial charge < -0.3 is 16.0 Å². The summed E-state index contributed by atoms with van der Waals surface area (Å²) in [7, 11) is 3.58. The van der Waals surface area contributed by atoms with Gasteiger partial charge in [0, 0.05) is 36.0 Å². The van der Waals surface area contributed by atoms with Gasteiger partial charge in [-0.1, -0.05) is 6.07 Å². The number of primary amides is 1. The number of hydrogen-bond donors (Lipinski definition) is 2. The highest BCUT2D eigenvalue weighted by Crippen LogP contribution is 2.66.